The molecule has 8 heteroatoms. The fourth-order valence-corrected chi connectivity index (χ4v) is 4.24. The number of aryl methyl sites for hydroxylation is 1. The molecule has 0 saturated carbocycles. The molecule has 1 fully saturated rings. The number of sulfonamides is 1. The molecule has 7 nitrogen and oxygen atoms in total. The number of amides is 1. The number of morpholine rings is 1. The number of hydrogen-bond acceptors (Lipinski definition) is 5. The molecule has 1 amide bonds. The number of carbonyl (C=O) groups excluding carboxylic acids is 1. The topological polar surface area (TPSA) is 95.9 Å². The van der Waals surface area contributed by atoms with Gasteiger partial charge in [-0.1, -0.05) is 18.2 Å². The molecular weight excluding hydrogens is 368 g/mol. The van der Waals surface area contributed by atoms with E-state index in [4.69, 9.17) is 4.74 Å². The van der Waals surface area contributed by atoms with Crippen molar-refractivity contribution in [3.8, 4) is 5.75 Å². The Labute approximate surface area is 158 Å². The van der Waals surface area contributed by atoms with Crippen LogP contribution in [0.4, 0.5) is 5.69 Å². The Hall–Kier alpha value is -2.42. The van der Waals surface area contributed by atoms with Gasteiger partial charge in [0.2, 0.25) is 15.9 Å². The Morgan fingerprint density at radius 2 is 1.81 bits per heavy atom. The maximum absolute atomic E-state index is 12.6. The number of carbonyl (C=O) groups is 1. The van der Waals surface area contributed by atoms with Crippen LogP contribution < -0.4 is 5.32 Å². The fraction of sp³-hybridized carbons (Fsp3) is 0.316. The second-order valence-electron chi connectivity index (χ2n) is 6.26. The van der Waals surface area contributed by atoms with Crippen molar-refractivity contribution < 1.29 is 23.1 Å². The second kappa shape index (κ2) is 8.51. The highest BCUT2D eigenvalue weighted by Crippen LogP contribution is 2.19. The summed E-state index contributed by atoms with van der Waals surface area (Å²) in [5, 5.41) is 12.1. The first kappa shape index (κ1) is 19.3. The third kappa shape index (κ3) is 5.06. The summed E-state index contributed by atoms with van der Waals surface area (Å²) >= 11 is 0. The van der Waals surface area contributed by atoms with E-state index in [9.17, 15) is 18.3 Å². The molecule has 3 rings (SSSR count). The molecule has 0 unspecified atom stereocenters. The van der Waals surface area contributed by atoms with Gasteiger partial charge >= 0.3 is 0 Å². The van der Waals surface area contributed by atoms with Crippen molar-refractivity contribution in [2.45, 2.75) is 17.7 Å². The van der Waals surface area contributed by atoms with E-state index in [1.165, 1.54) is 16.4 Å². The Morgan fingerprint density at radius 1 is 1.11 bits per heavy atom. The lowest BCUT2D eigenvalue weighted by Gasteiger charge is -2.26. The van der Waals surface area contributed by atoms with Gasteiger partial charge in [-0.05, 0) is 36.2 Å². The SMILES string of the molecule is O=C(CCc1ccc(S(=O)(=O)N2CCOCC2)cc1)Nc1cccc(O)c1. The van der Waals surface area contributed by atoms with E-state index >= 15 is 0 Å². The van der Waals surface area contributed by atoms with Crippen molar-refractivity contribution in [2.24, 2.45) is 0 Å². The number of phenols is 1. The Kier molecular flexibility index (Phi) is 6.10. The monoisotopic (exact) mass is 390 g/mol. The van der Waals surface area contributed by atoms with E-state index in [0.29, 0.717) is 38.4 Å². The van der Waals surface area contributed by atoms with Crippen LogP contribution in [0.25, 0.3) is 0 Å². The van der Waals surface area contributed by atoms with Crippen LogP contribution in [0.5, 0.6) is 5.75 Å². The molecule has 0 radical (unpaired) electrons. The average Bonchev–Trinajstić information content (AvgIpc) is 2.67. The zero-order valence-electron chi connectivity index (χ0n) is 14.8. The van der Waals surface area contributed by atoms with Crippen molar-refractivity contribution in [2.75, 3.05) is 31.6 Å². The molecule has 0 aromatic heterocycles. The van der Waals surface area contributed by atoms with Gasteiger partial charge in [0.05, 0.1) is 18.1 Å². The summed E-state index contributed by atoms with van der Waals surface area (Å²) in [5.41, 5.74) is 1.41. The number of rotatable bonds is 6. The molecule has 0 bridgehead atoms. The van der Waals surface area contributed by atoms with E-state index in [1.807, 2.05) is 0 Å². The van der Waals surface area contributed by atoms with Crippen LogP contribution >= 0.6 is 0 Å². The lowest BCUT2D eigenvalue weighted by atomic mass is 10.1. The highest BCUT2D eigenvalue weighted by molar-refractivity contribution is 7.89. The molecule has 0 aliphatic carbocycles. The first-order chi connectivity index (χ1) is 12.9. The number of hydrogen-bond donors (Lipinski definition) is 2. The number of nitrogens with one attached hydrogen (secondary N) is 1. The molecule has 1 aliphatic heterocycles. The van der Waals surface area contributed by atoms with Gasteiger partial charge < -0.3 is 15.2 Å². The van der Waals surface area contributed by atoms with Crippen LogP contribution in [0.2, 0.25) is 0 Å². The molecule has 1 aliphatic rings. The van der Waals surface area contributed by atoms with Crippen molar-refractivity contribution in [3.05, 3.63) is 54.1 Å². The van der Waals surface area contributed by atoms with Crippen molar-refractivity contribution >= 4 is 21.6 Å². The molecule has 1 heterocycles. The summed E-state index contributed by atoms with van der Waals surface area (Å²) in [6.45, 7) is 1.54. The highest BCUT2D eigenvalue weighted by Gasteiger charge is 2.26. The van der Waals surface area contributed by atoms with Gasteiger partial charge in [0, 0.05) is 31.3 Å². The van der Waals surface area contributed by atoms with Crippen LogP contribution in [0.3, 0.4) is 0 Å². The number of phenolic OH excluding ortho intramolecular Hbond substituents is 1. The lowest BCUT2D eigenvalue weighted by molar-refractivity contribution is -0.116. The van der Waals surface area contributed by atoms with Crippen molar-refractivity contribution in [1.82, 2.24) is 4.31 Å². The third-order valence-electron chi connectivity index (χ3n) is 4.30. The van der Waals surface area contributed by atoms with E-state index in [-0.39, 0.29) is 23.0 Å². The molecule has 2 N–H and O–H groups in total. The van der Waals surface area contributed by atoms with Crippen LogP contribution in [-0.2, 0) is 26.0 Å². The van der Waals surface area contributed by atoms with Gasteiger partial charge in [-0.25, -0.2) is 8.42 Å². The summed E-state index contributed by atoms with van der Waals surface area (Å²) in [4.78, 5) is 12.3. The largest absolute Gasteiger partial charge is 0.508 e. The fourth-order valence-electron chi connectivity index (χ4n) is 2.83. The molecule has 0 spiro atoms. The standard InChI is InChI=1S/C19H22N2O5S/c22-17-3-1-2-16(14-17)20-19(23)9-6-15-4-7-18(8-5-15)27(24,25)21-10-12-26-13-11-21/h1-5,7-8,14,22H,6,9-13H2,(H,20,23). The van der Waals surface area contributed by atoms with Crippen LogP contribution in [0, 0.1) is 0 Å². The van der Waals surface area contributed by atoms with E-state index in [2.05, 4.69) is 5.32 Å². The maximum atomic E-state index is 12.6. The number of ether oxygens (including phenoxy) is 1. The summed E-state index contributed by atoms with van der Waals surface area (Å²) in [6, 6.07) is 13.0. The van der Waals surface area contributed by atoms with Gasteiger partial charge in [0.1, 0.15) is 5.75 Å². The minimum absolute atomic E-state index is 0.0878. The summed E-state index contributed by atoms with van der Waals surface area (Å²) < 4.78 is 31.8. The average molecular weight is 390 g/mol. The molecule has 27 heavy (non-hydrogen) atoms. The minimum Gasteiger partial charge on any atom is -0.508 e. The number of aromatic hydroxyl groups is 1. The normalized spacial score (nSPS) is 15.4. The van der Waals surface area contributed by atoms with Gasteiger partial charge in [-0.15, -0.1) is 0 Å². The minimum atomic E-state index is -3.50. The summed E-state index contributed by atoms with van der Waals surface area (Å²) in [7, 11) is -3.50. The van der Waals surface area contributed by atoms with Gasteiger partial charge in [0.15, 0.2) is 0 Å². The smallest absolute Gasteiger partial charge is 0.243 e. The number of benzene rings is 2. The maximum Gasteiger partial charge on any atom is 0.243 e. The second-order valence-corrected chi connectivity index (χ2v) is 8.20. The van der Waals surface area contributed by atoms with E-state index in [0.717, 1.165) is 5.56 Å². The number of anilines is 1. The van der Waals surface area contributed by atoms with Crippen LogP contribution in [0.1, 0.15) is 12.0 Å². The van der Waals surface area contributed by atoms with Gasteiger partial charge in [0.25, 0.3) is 0 Å². The van der Waals surface area contributed by atoms with E-state index in [1.54, 1.807) is 36.4 Å². The lowest BCUT2D eigenvalue weighted by Crippen LogP contribution is -2.40. The molecule has 1 saturated heterocycles. The van der Waals surface area contributed by atoms with Crippen molar-refractivity contribution in [3.63, 3.8) is 0 Å². The summed E-state index contributed by atoms with van der Waals surface area (Å²) in [5.74, 6) is -0.0875. The zero-order chi connectivity index (χ0) is 19.3. The van der Waals surface area contributed by atoms with Crippen molar-refractivity contribution in [1.29, 1.82) is 0 Å². The quantitative estimate of drug-likeness (QED) is 0.786. The Morgan fingerprint density at radius 3 is 2.48 bits per heavy atom. The molecule has 0 atom stereocenters. The Bertz CT molecular complexity index is 891. The van der Waals surface area contributed by atoms with E-state index < -0.39 is 10.0 Å². The molecular formula is C19H22N2O5S. The van der Waals surface area contributed by atoms with Crippen LogP contribution in [-0.4, -0.2) is 50.0 Å². The molecule has 2 aromatic carbocycles. The number of nitrogens with zero attached hydrogens (tertiary/aromatic N) is 1. The Balaban J connectivity index is 1.56. The van der Waals surface area contributed by atoms with Gasteiger partial charge in [-0.3, -0.25) is 4.79 Å². The molecule has 144 valence electrons. The third-order valence-corrected chi connectivity index (χ3v) is 6.21. The zero-order valence-corrected chi connectivity index (χ0v) is 15.6. The highest BCUT2D eigenvalue weighted by atomic mass is 32.2. The first-order valence-electron chi connectivity index (χ1n) is 8.71. The molecule has 2 aromatic rings. The first-order valence-corrected chi connectivity index (χ1v) is 10.1. The summed E-state index contributed by atoms with van der Waals surface area (Å²) in [6.07, 6.45) is 0.744. The van der Waals surface area contributed by atoms with Crippen LogP contribution in [0.15, 0.2) is 53.4 Å². The van der Waals surface area contributed by atoms with Gasteiger partial charge in [-0.2, -0.15) is 4.31 Å². The predicted molar refractivity (Wildman–Crippen MR) is 101 cm³/mol. The predicted octanol–water partition coefficient (Wildman–Crippen LogP) is 1.98.